The molecule has 0 bridgehead atoms. The van der Waals surface area contributed by atoms with Gasteiger partial charge >= 0.3 is 5.97 Å². The second kappa shape index (κ2) is 6.78. The molecular weight excluding hydrogens is 244 g/mol. The Morgan fingerprint density at radius 2 is 1.74 bits per heavy atom. The third-order valence-corrected chi connectivity index (χ3v) is 2.90. The van der Waals surface area contributed by atoms with Crippen molar-refractivity contribution in [2.75, 3.05) is 32.1 Å². The zero-order chi connectivity index (χ0) is 14.4. The molecule has 0 fully saturated rings. The Hall–Kier alpha value is -2.04. The zero-order valence-corrected chi connectivity index (χ0v) is 11.6. The zero-order valence-electron chi connectivity index (χ0n) is 11.6. The lowest BCUT2D eigenvalue weighted by Gasteiger charge is -2.20. The monoisotopic (exact) mass is 264 g/mol. The van der Waals surface area contributed by atoms with E-state index in [-0.39, 0.29) is 18.9 Å². The minimum Gasteiger partial charge on any atom is -0.481 e. The summed E-state index contributed by atoms with van der Waals surface area (Å²) in [6.07, 6.45) is -0.0324. The van der Waals surface area contributed by atoms with Gasteiger partial charge in [-0.2, -0.15) is 0 Å². The number of aliphatic carboxylic acids is 1. The van der Waals surface area contributed by atoms with Crippen LogP contribution in [0.15, 0.2) is 24.3 Å². The molecule has 1 aromatic carbocycles. The molecule has 19 heavy (non-hydrogen) atoms. The molecule has 0 aromatic heterocycles. The maximum Gasteiger partial charge on any atom is 0.305 e. The second-order valence-corrected chi connectivity index (χ2v) is 4.47. The van der Waals surface area contributed by atoms with Crippen LogP contribution in [0.1, 0.15) is 23.7 Å². The van der Waals surface area contributed by atoms with Crippen molar-refractivity contribution in [3.05, 3.63) is 29.8 Å². The molecule has 0 spiro atoms. The smallest absolute Gasteiger partial charge is 0.305 e. The van der Waals surface area contributed by atoms with E-state index in [0.29, 0.717) is 12.1 Å². The van der Waals surface area contributed by atoms with Crippen LogP contribution < -0.4 is 4.90 Å². The van der Waals surface area contributed by atoms with E-state index in [1.165, 1.54) is 0 Å². The Balaban J connectivity index is 2.76. The normalized spacial score (nSPS) is 10.1. The van der Waals surface area contributed by atoms with Gasteiger partial charge in [0, 0.05) is 38.4 Å². The van der Waals surface area contributed by atoms with Crippen molar-refractivity contribution < 1.29 is 14.7 Å². The summed E-state index contributed by atoms with van der Waals surface area (Å²) in [6.45, 7) is 2.58. The Labute approximate surface area is 113 Å². The molecule has 0 saturated carbocycles. The first-order chi connectivity index (χ1) is 8.95. The van der Waals surface area contributed by atoms with Crippen LogP contribution in [0.4, 0.5) is 5.69 Å². The molecule has 0 aliphatic carbocycles. The fraction of sp³-hybridized carbons (Fsp3) is 0.429. The maximum atomic E-state index is 12.2. The molecule has 1 aromatic rings. The van der Waals surface area contributed by atoms with Gasteiger partial charge in [0.1, 0.15) is 0 Å². The second-order valence-electron chi connectivity index (χ2n) is 4.47. The Morgan fingerprint density at radius 1 is 1.16 bits per heavy atom. The summed E-state index contributed by atoms with van der Waals surface area (Å²) in [7, 11) is 3.87. The molecule has 5 nitrogen and oxygen atoms in total. The molecular formula is C14H20N2O3. The Bertz CT molecular complexity index is 441. The van der Waals surface area contributed by atoms with Gasteiger partial charge in [-0.15, -0.1) is 0 Å². The molecule has 0 atom stereocenters. The molecule has 5 heteroatoms. The summed E-state index contributed by atoms with van der Waals surface area (Å²) >= 11 is 0. The average molecular weight is 264 g/mol. The SMILES string of the molecule is CCN(CCC(=O)O)C(=O)c1ccc(N(C)C)cc1. The predicted octanol–water partition coefficient (Wildman–Crippen LogP) is 1.69. The van der Waals surface area contributed by atoms with Crippen molar-refractivity contribution in [3.63, 3.8) is 0 Å². The molecule has 0 saturated heterocycles. The van der Waals surface area contributed by atoms with Crippen LogP contribution in [0.2, 0.25) is 0 Å². The van der Waals surface area contributed by atoms with Gasteiger partial charge in [-0.05, 0) is 31.2 Å². The number of amides is 1. The van der Waals surface area contributed by atoms with Gasteiger partial charge in [0.15, 0.2) is 0 Å². The highest BCUT2D eigenvalue weighted by Crippen LogP contribution is 2.14. The van der Waals surface area contributed by atoms with Crippen molar-refractivity contribution in [2.24, 2.45) is 0 Å². The van der Waals surface area contributed by atoms with E-state index in [0.717, 1.165) is 5.69 Å². The molecule has 1 rings (SSSR count). The third kappa shape index (κ3) is 4.28. The molecule has 1 N–H and O–H groups in total. The van der Waals surface area contributed by atoms with Crippen LogP contribution >= 0.6 is 0 Å². The molecule has 0 aliphatic rings. The first-order valence-electron chi connectivity index (χ1n) is 6.24. The number of carboxylic acid groups (broad SMARTS) is 1. The van der Waals surface area contributed by atoms with E-state index in [1.807, 2.05) is 38.1 Å². The number of hydrogen-bond acceptors (Lipinski definition) is 3. The van der Waals surface area contributed by atoms with E-state index in [2.05, 4.69) is 0 Å². The average Bonchev–Trinajstić information content (AvgIpc) is 2.39. The van der Waals surface area contributed by atoms with Crippen LogP contribution in [-0.2, 0) is 4.79 Å². The van der Waals surface area contributed by atoms with Gasteiger partial charge < -0.3 is 14.9 Å². The van der Waals surface area contributed by atoms with Gasteiger partial charge in [-0.3, -0.25) is 9.59 Å². The fourth-order valence-corrected chi connectivity index (χ4v) is 1.72. The van der Waals surface area contributed by atoms with Crippen molar-refractivity contribution >= 4 is 17.6 Å². The van der Waals surface area contributed by atoms with E-state index < -0.39 is 5.97 Å². The number of nitrogens with zero attached hydrogens (tertiary/aromatic N) is 2. The number of benzene rings is 1. The highest BCUT2D eigenvalue weighted by molar-refractivity contribution is 5.94. The summed E-state index contributed by atoms with van der Waals surface area (Å²) in [4.78, 5) is 26.2. The molecule has 0 aliphatic heterocycles. The molecule has 0 unspecified atom stereocenters. The standard InChI is InChI=1S/C14H20N2O3/c1-4-16(10-9-13(17)18)14(19)11-5-7-12(8-6-11)15(2)3/h5-8H,4,9-10H2,1-3H3,(H,17,18). The number of carbonyl (C=O) groups is 2. The van der Waals surface area contributed by atoms with E-state index >= 15 is 0 Å². The third-order valence-electron chi connectivity index (χ3n) is 2.90. The van der Waals surface area contributed by atoms with Gasteiger partial charge in [0.25, 0.3) is 5.91 Å². The minimum atomic E-state index is -0.894. The number of rotatable bonds is 6. The van der Waals surface area contributed by atoms with Crippen molar-refractivity contribution in [1.82, 2.24) is 4.90 Å². The van der Waals surface area contributed by atoms with E-state index in [1.54, 1.807) is 17.0 Å². The quantitative estimate of drug-likeness (QED) is 0.849. The molecule has 0 radical (unpaired) electrons. The van der Waals surface area contributed by atoms with Crippen LogP contribution in [-0.4, -0.2) is 49.1 Å². The fourth-order valence-electron chi connectivity index (χ4n) is 1.72. The van der Waals surface area contributed by atoms with Crippen LogP contribution in [0, 0.1) is 0 Å². The molecule has 0 heterocycles. The predicted molar refractivity (Wildman–Crippen MR) is 74.6 cm³/mol. The molecule has 104 valence electrons. The summed E-state index contributed by atoms with van der Waals surface area (Å²) in [5.41, 5.74) is 1.60. The summed E-state index contributed by atoms with van der Waals surface area (Å²) in [6, 6.07) is 7.28. The van der Waals surface area contributed by atoms with Crippen LogP contribution in [0.25, 0.3) is 0 Å². The largest absolute Gasteiger partial charge is 0.481 e. The summed E-state index contributed by atoms with van der Waals surface area (Å²) in [5.74, 6) is -1.02. The number of hydrogen-bond donors (Lipinski definition) is 1. The number of carbonyl (C=O) groups excluding carboxylic acids is 1. The summed E-state index contributed by atoms with van der Waals surface area (Å²) < 4.78 is 0. The van der Waals surface area contributed by atoms with Gasteiger partial charge in [0.2, 0.25) is 0 Å². The topological polar surface area (TPSA) is 60.9 Å². The van der Waals surface area contributed by atoms with Crippen LogP contribution in [0.5, 0.6) is 0 Å². The Morgan fingerprint density at radius 3 is 2.16 bits per heavy atom. The van der Waals surface area contributed by atoms with Crippen molar-refractivity contribution in [2.45, 2.75) is 13.3 Å². The lowest BCUT2D eigenvalue weighted by Crippen LogP contribution is -2.32. The highest BCUT2D eigenvalue weighted by Gasteiger charge is 2.15. The minimum absolute atomic E-state index is 0.0324. The van der Waals surface area contributed by atoms with E-state index in [4.69, 9.17) is 5.11 Å². The van der Waals surface area contributed by atoms with Crippen molar-refractivity contribution in [3.8, 4) is 0 Å². The van der Waals surface area contributed by atoms with Gasteiger partial charge in [0.05, 0.1) is 6.42 Å². The lowest BCUT2D eigenvalue weighted by molar-refractivity contribution is -0.137. The molecule has 1 amide bonds. The first kappa shape index (κ1) is 15.0. The lowest BCUT2D eigenvalue weighted by atomic mass is 10.1. The number of carboxylic acids is 1. The van der Waals surface area contributed by atoms with Crippen molar-refractivity contribution in [1.29, 1.82) is 0 Å². The van der Waals surface area contributed by atoms with E-state index in [9.17, 15) is 9.59 Å². The highest BCUT2D eigenvalue weighted by atomic mass is 16.4. The summed E-state index contributed by atoms with van der Waals surface area (Å²) in [5, 5.41) is 8.66. The Kier molecular flexibility index (Phi) is 5.36. The maximum absolute atomic E-state index is 12.2. The van der Waals surface area contributed by atoms with Gasteiger partial charge in [-0.1, -0.05) is 0 Å². The number of anilines is 1. The van der Waals surface area contributed by atoms with Crippen LogP contribution in [0.3, 0.4) is 0 Å². The first-order valence-corrected chi connectivity index (χ1v) is 6.24. The van der Waals surface area contributed by atoms with Gasteiger partial charge in [-0.25, -0.2) is 0 Å².